The number of rotatable bonds is 4. The van der Waals surface area contributed by atoms with Gasteiger partial charge in [-0.25, -0.2) is 8.42 Å². The topological polar surface area (TPSA) is 98.5 Å². The van der Waals surface area contributed by atoms with E-state index in [1.54, 1.807) is 0 Å². The Labute approximate surface area is 117 Å². The van der Waals surface area contributed by atoms with Gasteiger partial charge in [0, 0.05) is 12.6 Å². The standard InChI is InChI=1S/C13H14N2O4S/c14-9-10-3-5-12(6-4-10)20(18,19)15-7-1-2-11(15)8-13(16)17/h3-6,11H,1-2,7-8H2,(H,16,17). The van der Waals surface area contributed by atoms with Gasteiger partial charge in [0.1, 0.15) is 0 Å². The average molecular weight is 294 g/mol. The fraction of sp³-hybridized carbons (Fsp3) is 0.385. The first-order chi connectivity index (χ1) is 9.45. The van der Waals surface area contributed by atoms with Crippen LogP contribution in [-0.2, 0) is 14.8 Å². The highest BCUT2D eigenvalue weighted by molar-refractivity contribution is 7.89. The highest BCUT2D eigenvalue weighted by Crippen LogP contribution is 2.27. The molecule has 6 nitrogen and oxygen atoms in total. The van der Waals surface area contributed by atoms with Crippen LogP contribution >= 0.6 is 0 Å². The molecule has 20 heavy (non-hydrogen) atoms. The smallest absolute Gasteiger partial charge is 0.304 e. The van der Waals surface area contributed by atoms with E-state index in [9.17, 15) is 13.2 Å². The fourth-order valence-electron chi connectivity index (χ4n) is 2.37. The number of nitriles is 1. The molecule has 0 amide bonds. The molecule has 1 saturated heterocycles. The van der Waals surface area contributed by atoms with Gasteiger partial charge in [-0.05, 0) is 37.1 Å². The van der Waals surface area contributed by atoms with Crippen LogP contribution < -0.4 is 0 Å². The minimum atomic E-state index is -3.70. The third-order valence-corrected chi connectivity index (χ3v) is 5.29. The Kier molecular flexibility index (Phi) is 4.06. The zero-order valence-electron chi connectivity index (χ0n) is 10.7. The summed E-state index contributed by atoms with van der Waals surface area (Å²) in [4.78, 5) is 10.9. The minimum Gasteiger partial charge on any atom is -0.481 e. The molecule has 1 N–H and O–H groups in total. The van der Waals surface area contributed by atoms with Crippen LogP contribution in [-0.4, -0.2) is 36.4 Å². The first-order valence-corrected chi connectivity index (χ1v) is 7.63. The Morgan fingerprint density at radius 2 is 2.05 bits per heavy atom. The third-order valence-electron chi connectivity index (χ3n) is 3.32. The predicted molar refractivity (Wildman–Crippen MR) is 70.3 cm³/mol. The van der Waals surface area contributed by atoms with Crippen LogP contribution in [0.4, 0.5) is 0 Å². The van der Waals surface area contributed by atoms with Crippen molar-refractivity contribution in [2.45, 2.75) is 30.2 Å². The Bertz CT molecular complexity index is 646. The van der Waals surface area contributed by atoms with E-state index < -0.39 is 22.0 Å². The SMILES string of the molecule is N#Cc1ccc(S(=O)(=O)N2CCCC2CC(=O)O)cc1. The Hall–Kier alpha value is -1.91. The second-order valence-corrected chi connectivity index (χ2v) is 6.54. The van der Waals surface area contributed by atoms with Crippen molar-refractivity contribution in [3.8, 4) is 6.07 Å². The molecule has 0 saturated carbocycles. The van der Waals surface area contributed by atoms with Crippen LogP contribution in [0.25, 0.3) is 0 Å². The van der Waals surface area contributed by atoms with Gasteiger partial charge in [-0.1, -0.05) is 0 Å². The first kappa shape index (κ1) is 14.5. The van der Waals surface area contributed by atoms with Crippen LogP contribution in [0.3, 0.4) is 0 Å². The normalized spacial score (nSPS) is 19.6. The van der Waals surface area contributed by atoms with E-state index in [0.717, 1.165) is 0 Å². The number of nitrogens with zero attached hydrogens (tertiary/aromatic N) is 2. The van der Waals surface area contributed by atoms with Gasteiger partial charge in [0.25, 0.3) is 0 Å². The predicted octanol–water partition coefficient (Wildman–Crippen LogP) is 1.19. The van der Waals surface area contributed by atoms with Crippen LogP contribution in [0.15, 0.2) is 29.2 Å². The van der Waals surface area contributed by atoms with E-state index >= 15 is 0 Å². The maximum Gasteiger partial charge on any atom is 0.304 e. The number of carboxylic acid groups (broad SMARTS) is 1. The summed E-state index contributed by atoms with van der Waals surface area (Å²) in [5.41, 5.74) is 0.382. The van der Waals surface area contributed by atoms with Gasteiger partial charge >= 0.3 is 5.97 Å². The Morgan fingerprint density at radius 1 is 1.40 bits per heavy atom. The molecule has 0 spiro atoms. The van der Waals surface area contributed by atoms with Crippen molar-refractivity contribution in [2.24, 2.45) is 0 Å². The average Bonchev–Trinajstić information content (AvgIpc) is 2.87. The molecule has 7 heteroatoms. The van der Waals surface area contributed by atoms with E-state index in [2.05, 4.69) is 0 Å². The van der Waals surface area contributed by atoms with Crippen LogP contribution in [0.1, 0.15) is 24.8 Å². The lowest BCUT2D eigenvalue weighted by Crippen LogP contribution is -2.36. The number of aliphatic carboxylic acids is 1. The minimum absolute atomic E-state index is 0.0915. The van der Waals surface area contributed by atoms with Crippen molar-refractivity contribution in [1.82, 2.24) is 4.31 Å². The molecule has 2 rings (SSSR count). The second-order valence-electron chi connectivity index (χ2n) is 4.65. The molecule has 1 fully saturated rings. The molecule has 1 aromatic carbocycles. The van der Waals surface area contributed by atoms with Gasteiger partial charge in [-0.15, -0.1) is 0 Å². The summed E-state index contributed by atoms with van der Waals surface area (Å²) in [6.07, 6.45) is 1.03. The number of carbonyl (C=O) groups is 1. The van der Waals surface area contributed by atoms with Crippen LogP contribution in [0.2, 0.25) is 0 Å². The van der Waals surface area contributed by atoms with Gasteiger partial charge < -0.3 is 5.11 Å². The zero-order valence-corrected chi connectivity index (χ0v) is 11.5. The molecular formula is C13H14N2O4S. The molecule has 1 aromatic rings. The Balaban J connectivity index is 2.29. The molecule has 1 aliphatic heterocycles. The number of hydrogen-bond donors (Lipinski definition) is 1. The molecule has 1 aliphatic rings. The maximum atomic E-state index is 12.5. The molecule has 1 heterocycles. The molecule has 0 bridgehead atoms. The van der Waals surface area contributed by atoms with Crippen LogP contribution in [0.5, 0.6) is 0 Å². The van der Waals surface area contributed by atoms with E-state index in [1.165, 1.54) is 28.6 Å². The summed E-state index contributed by atoms with van der Waals surface area (Å²) in [7, 11) is -3.70. The van der Waals surface area contributed by atoms with E-state index in [1.807, 2.05) is 6.07 Å². The summed E-state index contributed by atoms with van der Waals surface area (Å²) >= 11 is 0. The lowest BCUT2D eigenvalue weighted by Gasteiger charge is -2.22. The van der Waals surface area contributed by atoms with Gasteiger partial charge in [-0.2, -0.15) is 9.57 Å². The lowest BCUT2D eigenvalue weighted by atomic mass is 10.2. The molecule has 0 aliphatic carbocycles. The number of carboxylic acids is 1. The van der Waals surface area contributed by atoms with Gasteiger partial charge in [0.05, 0.1) is 22.9 Å². The summed E-state index contributed by atoms with van der Waals surface area (Å²) < 4.78 is 26.2. The summed E-state index contributed by atoms with van der Waals surface area (Å²) in [5.74, 6) is -1.00. The summed E-state index contributed by atoms with van der Waals surface area (Å²) in [5, 5.41) is 17.5. The molecule has 1 atom stereocenters. The largest absolute Gasteiger partial charge is 0.481 e. The first-order valence-electron chi connectivity index (χ1n) is 6.19. The maximum absolute atomic E-state index is 12.5. The number of sulfonamides is 1. The van der Waals surface area contributed by atoms with Gasteiger partial charge in [-0.3, -0.25) is 4.79 Å². The molecule has 1 unspecified atom stereocenters. The quantitative estimate of drug-likeness (QED) is 0.899. The van der Waals surface area contributed by atoms with Crippen molar-refractivity contribution in [3.05, 3.63) is 29.8 Å². The molecule has 106 valence electrons. The Morgan fingerprint density at radius 3 is 2.60 bits per heavy atom. The van der Waals surface area contributed by atoms with E-state index in [-0.39, 0.29) is 11.3 Å². The molecular weight excluding hydrogens is 280 g/mol. The number of benzene rings is 1. The lowest BCUT2D eigenvalue weighted by molar-refractivity contribution is -0.137. The molecule has 0 aromatic heterocycles. The van der Waals surface area contributed by atoms with E-state index in [0.29, 0.717) is 24.9 Å². The van der Waals surface area contributed by atoms with Crippen molar-refractivity contribution in [3.63, 3.8) is 0 Å². The van der Waals surface area contributed by atoms with Crippen molar-refractivity contribution >= 4 is 16.0 Å². The van der Waals surface area contributed by atoms with Gasteiger partial charge in [0.15, 0.2) is 0 Å². The van der Waals surface area contributed by atoms with E-state index in [4.69, 9.17) is 10.4 Å². The van der Waals surface area contributed by atoms with Crippen molar-refractivity contribution in [2.75, 3.05) is 6.54 Å². The highest BCUT2D eigenvalue weighted by Gasteiger charge is 2.36. The monoisotopic (exact) mass is 294 g/mol. The van der Waals surface area contributed by atoms with Crippen molar-refractivity contribution < 1.29 is 18.3 Å². The third kappa shape index (κ3) is 2.81. The second kappa shape index (κ2) is 5.61. The van der Waals surface area contributed by atoms with Gasteiger partial charge in [0.2, 0.25) is 10.0 Å². The van der Waals surface area contributed by atoms with Crippen LogP contribution in [0, 0.1) is 11.3 Å². The summed E-state index contributed by atoms with van der Waals surface area (Å²) in [6, 6.07) is 7.07. The number of hydrogen-bond acceptors (Lipinski definition) is 4. The zero-order chi connectivity index (χ0) is 14.8. The van der Waals surface area contributed by atoms with Crippen molar-refractivity contribution in [1.29, 1.82) is 5.26 Å². The molecule has 0 radical (unpaired) electrons. The highest BCUT2D eigenvalue weighted by atomic mass is 32.2. The fourth-order valence-corrected chi connectivity index (χ4v) is 4.06. The summed E-state index contributed by atoms with van der Waals surface area (Å²) in [6.45, 7) is 0.334.